The van der Waals surface area contributed by atoms with Gasteiger partial charge in [-0.15, -0.1) is 0 Å². The van der Waals surface area contributed by atoms with Gasteiger partial charge in [0.15, 0.2) is 4.80 Å². The third-order valence-corrected chi connectivity index (χ3v) is 7.49. The summed E-state index contributed by atoms with van der Waals surface area (Å²) in [6.07, 6.45) is 1.88. The van der Waals surface area contributed by atoms with Gasteiger partial charge in [0.05, 0.1) is 41.7 Å². The number of thiazole rings is 1. The number of rotatable bonds is 7. The minimum atomic E-state index is -0.690. The minimum Gasteiger partial charge on any atom is -0.496 e. The fourth-order valence-corrected chi connectivity index (χ4v) is 5.87. The summed E-state index contributed by atoms with van der Waals surface area (Å²) in [5, 5.41) is 2.02. The molecular weight excluding hydrogens is 512 g/mol. The number of hydrogen-bond acceptors (Lipinski definition) is 7. The first-order valence-electron chi connectivity index (χ1n) is 12.8. The van der Waals surface area contributed by atoms with Crippen molar-refractivity contribution in [3.8, 4) is 11.5 Å². The van der Waals surface area contributed by atoms with Crippen molar-refractivity contribution in [2.24, 2.45) is 4.99 Å². The highest BCUT2D eigenvalue weighted by molar-refractivity contribution is 7.07. The lowest BCUT2D eigenvalue weighted by Gasteiger charge is -2.25. The highest BCUT2D eigenvalue weighted by atomic mass is 32.1. The fourth-order valence-electron chi connectivity index (χ4n) is 4.84. The molecule has 5 rings (SSSR count). The Kier molecular flexibility index (Phi) is 7.39. The quantitative estimate of drug-likeness (QED) is 0.315. The van der Waals surface area contributed by atoms with E-state index in [4.69, 9.17) is 14.2 Å². The molecule has 8 heteroatoms. The van der Waals surface area contributed by atoms with Crippen LogP contribution in [0.2, 0.25) is 0 Å². The molecule has 0 aliphatic carbocycles. The van der Waals surface area contributed by atoms with Crippen LogP contribution in [0.3, 0.4) is 0 Å². The van der Waals surface area contributed by atoms with Gasteiger partial charge < -0.3 is 14.2 Å². The molecule has 200 valence electrons. The van der Waals surface area contributed by atoms with Crippen molar-refractivity contribution in [3.05, 3.63) is 103 Å². The summed E-state index contributed by atoms with van der Waals surface area (Å²) in [5.41, 5.74) is 2.20. The van der Waals surface area contributed by atoms with Gasteiger partial charge >= 0.3 is 5.97 Å². The van der Waals surface area contributed by atoms with Crippen molar-refractivity contribution in [2.45, 2.75) is 39.8 Å². The normalized spacial score (nSPS) is 15.3. The van der Waals surface area contributed by atoms with Crippen molar-refractivity contribution in [1.29, 1.82) is 0 Å². The van der Waals surface area contributed by atoms with Crippen molar-refractivity contribution in [2.75, 3.05) is 13.7 Å². The van der Waals surface area contributed by atoms with Gasteiger partial charge in [0.1, 0.15) is 11.5 Å². The van der Waals surface area contributed by atoms with Gasteiger partial charge in [-0.25, -0.2) is 9.79 Å². The van der Waals surface area contributed by atoms with Gasteiger partial charge in [-0.2, -0.15) is 0 Å². The summed E-state index contributed by atoms with van der Waals surface area (Å²) < 4.78 is 18.9. The highest BCUT2D eigenvalue weighted by Crippen LogP contribution is 2.32. The molecular formula is C31H30N2O5S. The molecule has 7 nitrogen and oxygen atoms in total. The lowest BCUT2D eigenvalue weighted by molar-refractivity contribution is -0.139. The first kappa shape index (κ1) is 26.4. The Labute approximate surface area is 230 Å². The highest BCUT2D eigenvalue weighted by Gasteiger charge is 2.33. The number of fused-ring (bicyclic) bond motifs is 2. The molecule has 0 N–H and O–H groups in total. The maximum atomic E-state index is 14.0. The predicted molar refractivity (Wildman–Crippen MR) is 153 cm³/mol. The van der Waals surface area contributed by atoms with Crippen molar-refractivity contribution in [3.63, 3.8) is 0 Å². The fraction of sp³-hybridized carbons (Fsp3) is 0.258. The van der Waals surface area contributed by atoms with E-state index >= 15 is 0 Å². The number of methoxy groups -OCH3 is 1. The first-order chi connectivity index (χ1) is 18.8. The zero-order valence-electron chi connectivity index (χ0n) is 22.6. The largest absolute Gasteiger partial charge is 0.496 e. The maximum absolute atomic E-state index is 14.0. The van der Waals surface area contributed by atoms with Crippen LogP contribution in [0, 0.1) is 0 Å². The number of hydrogen-bond donors (Lipinski definition) is 0. The van der Waals surface area contributed by atoms with E-state index in [0.717, 1.165) is 21.9 Å². The second kappa shape index (κ2) is 10.9. The van der Waals surface area contributed by atoms with Crippen molar-refractivity contribution >= 4 is 34.2 Å². The third-order valence-electron chi connectivity index (χ3n) is 6.51. The summed E-state index contributed by atoms with van der Waals surface area (Å²) in [6, 6.07) is 18.6. The van der Waals surface area contributed by atoms with Crippen LogP contribution >= 0.6 is 11.3 Å². The summed E-state index contributed by atoms with van der Waals surface area (Å²) >= 11 is 1.29. The van der Waals surface area contributed by atoms with Gasteiger partial charge in [0, 0.05) is 5.56 Å². The molecule has 1 aliphatic rings. The predicted octanol–water partition coefficient (Wildman–Crippen LogP) is 4.75. The molecule has 0 saturated heterocycles. The molecule has 3 aromatic carbocycles. The van der Waals surface area contributed by atoms with E-state index in [-0.39, 0.29) is 18.3 Å². The van der Waals surface area contributed by atoms with E-state index in [0.29, 0.717) is 32.1 Å². The number of benzene rings is 3. The Morgan fingerprint density at radius 1 is 1.10 bits per heavy atom. The lowest BCUT2D eigenvalue weighted by atomic mass is 9.96. The number of aromatic nitrogens is 1. The number of carbonyl (C=O) groups excluding carboxylic acids is 1. The van der Waals surface area contributed by atoms with E-state index in [1.165, 1.54) is 11.3 Å². The standard InChI is InChI=1S/C31H30N2O5S/c1-6-37-30(35)27-19(4)32-31-33(28(27)21-11-14-22(15-12-21)38-18(2)3)29(34)26(39-31)17-24-23-10-8-7-9-20(23)13-16-25(24)36-5/h7-18,28H,6H2,1-5H3/b26-17+/t28-/m1/s1. The second-order valence-electron chi connectivity index (χ2n) is 9.44. The number of allylic oxidation sites excluding steroid dienone is 1. The Balaban J connectivity index is 1.73. The Bertz CT molecular complexity index is 1760. The number of esters is 1. The smallest absolute Gasteiger partial charge is 0.338 e. The average molecular weight is 543 g/mol. The summed E-state index contributed by atoms with van der Waals surface area (Å²) in [4.78, 5) is 32.4. The first-order valence-corrected chi connectivity index (χ1v) is 13.7. The summed E-state index contributed by atoms with van der Waals surface area (Å²) in [6.45, 7) is 7.67. The van der Waals surface area contributed by atoms with Crippen molar-refractivity contribution < 1.29 is 19.0 Å². The zero-order valence-corrected chi connectivity index (χ0v) is 23.4. The Morgan fingerprint density at radius 2 is 1.85 bits per heavy atom. The van der Waals surface area contributed by atoms with Gasteiger partial charge in [0.25, 0.3) is 5.56 Å². The van der Waals surface area contributed by atoms with Crippen LogP contribution in [0.4, 0.5) is 0 Å². The molecule has 4 aromatic rings. The maximum Gasteiger partial charge on any atom is 0.338 e. The SMILES string of the molecule is CCOC(=O)C1=C(C)N=c2s/c(=C/c3c(OC)ccc4ccccc34)c(=O)n2[C@@H]1c1ccc(OC(C)C)cc1. The van der Waals surface area contributed by atoms with Gasteiger partial charge in [0.2, 0.25) is 0 Å². The molecule has 0 radical (unpaired) electrons. The third kappa shape index (κ3) is 5.00. The van der Waals surface area contributed by atoms with Gasteiger partial charge in [-0.1, -0.05) is 53.8 Å². The van der Waals surface area contributed by atoms with Crippen molar-refractivity contribution in [1.82, 2.24) is 4.57 Å². The lowest BCUT2D eigenvalue weighted by Crippen LogP contribution is -2.39. The number of nitrogens with zero attached hydrogens (tertiary/aromatic N) is 2. The number of ether oxygens (including phenoxy) is 3. The van der Waals surface area contributed by atoms with E-state index in [2.05, 4.69) is 4.99 Å². The van der Waals surface area contributed by atoms with Gasteiger partial charge in [-0.05, 0) is 68.3 Å². The molecule has 0 bridgehead atoms. The molecule has 1 atom stereocenters. The Morgan fingerprint density at radius 3 is 2.54 bits per heavy atom. The van der Waals surface area contributed by atoms with Crippen LogP contribution in [0.15, 0.2) is 81.7 Å². The Hall–Kier alpha value is -4.17. The molecule has 1 aliphatic heterocycles. The second-order valence-corrected chi connectivity index (χ2v) is 10.4. The monoisotopic (exact) mass is 542 g/mol. The van der Waals surface area contributed by atoms with E-state index in [1.54, 1.807) is 25.5 Å². The molecule has 0 fully saturated rings. The summed E-state index contributed by atoms with van der Waals surface area (Å²) in [5.74, 6) is 0.888. The molecule has 39 heavy (non-hydrogen) atoms. The molecule has 0 saturated carbocycles. The van der Waals surface area contributed by atoms with E-state index in [9.17, 15) is 9.59 Å². The molecule has 0 spiro atoms. The van der Waals surface area contributed by atoms with Crippen LogP contribution in [0.1, 0.15) is 44.9 Å². The zero-order chi connectivity index (χ0) is 27.7. The number of carbonyl (C=O) groups is 1. The molecule has 0 unspecified atom stereocenters. The van der Waals surface area contributed by atoms with E-state index < -0.39 is 12.0 Å². The molecule has 0 amide bonds. The van der Waals surface area contributed by atoms with Crippen LogP contribution in [-0.2, 0) is 9.53 Å². The summed E-state index contributed by atoms with van der Waals surface area (Å²) in [7, 11) is 1.62. The van der Waals surface area contributed by atoms with Crippen LogP contribution < -0.4 is 24.4 Å². The van der Waals surface area contributed by atoms with Gasteiger partial charge in [-0.3, -0.25) is 9.36 Å². The topological polar surface area (TPSA) is 79.1 Å². The van der Waals surface area contributed by atoms with Crippen LogP contribution in [-0.4, -0.2) is 30.4 Å². The van der Waals surface area contributed by atoms with Crippen LogP contribution in [0.5, 0.6) is 11.5 Å². The minimum absolute atomic E-state index is 0.0248. The molecule has 2 heterocycles. The molecule has 1 aromatic heterocycles. The van der Waals surface area contributed by atoms with E-state index in [1.807, 2.05) is 80.6 Å². The van der Waals surface area contributed by atoms with Crippen LogP contribution in [0.25, 0.3) is 16.8 Å². The average Bonchev–Trinajstić information content (AvgIpc) is 3.22.